The Labute approximate surface area is 125 Å². The van der Waals surface area contributed by atoms with E-state index in [1.54, 1.807) is 6.07 Å². The lowest BCUT2D eigenvalue weighted by Crippen LogP contribution is -2.06. The van der Waals surface area contributed by atoms with E-state index >= 15 is 0 Å². The van der Waals surface area contributed by atoms with Crippen LogP contribution in [0.4, 0.5) is 13.2 Å². The number of rotatable bonds is 2. The highest BCUT2D eigenvalue weighted by Crippen LogP contribution is 2.55. The van der Waals surface area contributed by atoms with E-state index in [4.69, 9.17) is 0 Å². The molecule has 1 unspecified atom stereocenters. The van der Waals surface area contributed by atoms with Crippen molar-refractivity contribution in [3.05, 3.63) is 34.7 Å². The summed E-state index contributed by atoms with van der Waals surface area (Å²) in [5.74, 6) is 0.126. The fourth-order valence-electron chi connectivity index (χ4n) is 3.39. The maximum Gasteiger partial charge on any atom is 0.600 e. The number of hydrogen-bond acceptors (Lipinski definition) is 0. The molecule has 1 aromatic carbocycles. The number of aryl methyl sites for hydroxylation is 1. The largest absolute Gasteiger partial charge is 0.600 e. The lowest BCUT2D eigenvalue weighted by molar-refractivity contribution is -0.0868. The Kier molecular flexibility index (Phi) is 4.00. The summed E-state index contributed by atoms with van der Waals surface area (Å²) in [7, 11) is -1.70. The maximum atomic E-state index is 13.6. The monoisotopic (exact) mass is 313 g/mol. The lowest BCUT2D eigenvalue weighted by atomic mass is 9.88. The topological polar surface area (TPSA) is 0 Å². The van der Waals surface area contributed by atoms with Crippen LogP contribution >= 0.6 is 10.5 Å². The van der Waals surface area contributed by atoms with Crippen LogP contribution in [0.2, 0.25) is 0 Å². The molecule has 1 saturated carbocycles. The molecule has 1 atom stereocenters. The number of alkyl halides is 3. The normalized spacial score (nSPS) is 18.4. The minimum atomic E-state index is -4.15. The molecule has 0 aliphatic heterocycles. The Hall–Kier alpha value is -1.03. The van der Waals surface area contributed by atoms with Crippen molar-refractivity contribution < 1.29 is 13.2 Å². The van der Waals surface area contributed by atoms with Gasteiger partial charge in [0, 0.05) is 17.4 Å². The molecule has 2 aromatic rings. The van der Waals surface area contributed by atoms with Crippen LogP contribution in [-0.4, -0.2) is 0 Å². The first-order chi connectivity index (χ1) is 10.0. The first-order valence-corrected chi connectivity index (χ1v) is 8.89. The third-order valence-corrected chi connectivity index (χ3v) is 6.67. The van der Waals surface area contributed by atoms with Crippen molar-refractivity contribution in [2.45, 2.75) is 56.9 Å². The summed E-state index contributed by atoms with van der Waals surface area (Å²) in [6, 6.07) is 7.34. The van der Waals surface area contributed by atoms with Gasteiger partial charge in [0.2, 0.25) is 0 Å². The van der Waals surface area contributed by atoms with Crippen molar-refractivity contribution in [1.82, 2.24) is 0 Å². The zero-order chi connectivity index (χ0) is 15.0. The minimum Gasteiger partial charge on any atom is -0.118 e. The molecule has 3 rings (SSSR count). The highest BCUT2D eigenvalue weighted by molar-refractivity contribution is 7.38. The average Bonchev–Trinajstić information content (AvgIpc) is 2.86. The van der Waals surface area contributed by atoms with Gasteiger partial charge in [0.25, 0.3) is 0 Å². The number of hydrogen-bond donors (Lipinski definition) is 0. The Morgan fingerprint density at radius 3 is 2.43 bits per heavy atom. The van der Waals surface area contributed by atoms with E-state index in [0.29, 0.717) is 9.58 Å². The summed E-state index contributed by atoms with van der Waals surface area (Å²) in [5, 5.41) is 0.801. The molecule has 0 saturated heterocycles. The molecule has 0 nitrogen and oxygen atoms in total. The average molecular weight is 313 g/mol. The van der Waals surface area contributed by atoms with Gasteiger partial charge in [-0.25, -0.2) is 0 Å². The van der Waals surface area contributed by atoms with Crippen molar-refractivity contribution >= 4 is 20.6 Å². The number of fused-ring (bicyclic) bond motifs is 1. The van der Waals surface area contributed by atoms with E-state index < -0.39 is 16.0 Å². The summed E-state index contributed by atoms with van der Waals surface area (Å²) in [4.78, 5) is 0.644. The molecular weight excluding hydrogens is 293 g/mol. The van der Waals surface area contributed by atoms with E-state index in [-0.39, 0.29) is 5.92 Å². The van der Waals surface area contributed by atoms with Crippen LogP contribution < -0.4 is 0 Å². The van der Waals surface area contributed by atoms with Crippen LogP contribution in [0.15, 0.2) is 24.3 Å². The molecular formula is C17H20F3S+. The smallest absolute Gasteiger partial charge is 0.118 e. The first kappa shape index (κ1) is 14.9. The first-order valence-electron chi connectivity index (χ1n) is 7.66. The summed E-state index contributed by atoms with van der Waals surface area (Å²) in [6.45, 7) is 2.03. The second-order valence-electron chi connectivity index (χ2n) is 5.86. The number of halogens is 3. The van der Waals surface area contributed by atoms with Crippen LogP contribution in [0.5, 0.6) is 0 Å². The molecule has 21 heavy (non-hydrogen) atoms. The van der Waals surface area contributed by atoms with Crippen LogP contribution in [0.25, 0.3) is 10.1 Å². The quantitative estimate of drug-likeness (QED) is 0.543. The summed E-state index contributed by atoms with van der Waals surface area (Å²) in [5.41, 5.74) is -3.04. The van der Waals surface area contributed by atoms with Gasteiger partial charge < -0.3 is 0 Å². The third kappa shape index (κ3) is 2.83. The Bertz CT molecular complexity index is 633. The zero-order valence-corrected chi connectivity index (χ0v) is 13.0. The standard InChI is InChI=1S/C17H20F3S/c1-2-12-8-9-15-14(10-12)11-16(21(15)17(18,19)20)13-6-4-3-5-7-13/h8-11,13H,2-7H2,1H3/q+1. The molecule has 0 amide bonds. The van der Waals surface area contributed by atoms with E-state index in [2.05, 4.69) is 0 Å². The van der Waals surface area contributed by atoms with Crippen molar-refractivity contribution in [2.75, 3.05) is 0 Å². The molecule has 0 bridgehead atoms. The fraction of sp³-hybridized carbons (Fsp3) is 0.529. The van der Waals surface area contributed by atoms with Crippen LogP contribution in [0, 0.1) is 0 Å². The lowest BCUT2D eigenvalue weighted by Gasteiger charge is -2.18. The SMILES string of the molecule is CCc1ccc2c(c1)cc(C1CCCCC1)[s+]2C(F)(F)F. The molecule has 1 aliphatic carbocycles. The molecule has 4 heteroatoms. The van der Waals surface area contributed by atoms with E-state index in [1.807, 2.05) is 25.1 Å². The van der Waals surface area contributed by atoms with Crippen LogP contribution in [0.3, 0.4) is 0 Å². The van der Waals surface area contributed by atoms with E-state index in [1.165, 1.54) is 0 Å². The predicted molar refractivity (Wildman–Crippen MR) is 82.9 cm³/mol. The van der Waals surface area contributed by atoms with Gasteiger partial charge in [0.05, 0.1) is 10.5 Å². The molecule has 1 aromatic heterocycles. The molecule has 0 N–H and O–H groups in total. The summed E-state index contributed by atoms with van der Waals surface area (Å²) >= 11 is 0. The summed E-state index contributed by atoms with van der Waals surface area (Å²) in [6.07, 6.45) is 5.98. The predicted octanol–water partition coefficient (Wildman–Crippen LogP) is 6.68. The van der Waals surface area contributed by atoms with Gasteiger partial charge in [0.1, 0.15) is 0 Å². The van der Waals surface area contributed by atoms with Gasteiger partial charge in [-0.2, -0.15) is 0 Å². The van der Waals surface area contributed by atoms with Gasteiger partial charge in [-0.3, -0.25) is 0 Å². The number of benzene rings is 1. The van der Waals surface area contributed by atoms with E-state index in [9.17, 15) is 13.2 Å². The molecule has 1 heterocycles. The Balaban J connectivity index is 2.16. The van der Waals surface area contributed by atoms with Gasteiger partial charge >= 0.3 is 5.51 Å². The van der Waals surface area contributed by atoms with Gasteiger partial charge in [-0.05, 0) is 37.0 Å². The zero-order valence-electron chi connectivity index (χ0n) is 12.2. The summed E-state index contributed by atoms with van der Waals surface area (Å²) < 4.78 is 41.3. The maximum absolute atomic E-state index is 13.6. The fourth-order valence-corrected chi connectivity index (χ4v) is 5.53. The Morgan fingerprint density at radius 1 is 1.10 bits per heavy atom. The van der Waals surface area contributed by atoms with Crippen molar-refractivity contribution in [2.24, 2.45) is 0 Å². The molecule has 0 spiro atoms. The van der Waals surface area contributed by atoms with E-state index in [0.717, 1.165) is 49.5 Å². The Morgan fingerprint density at radius 2 is 1.81 bits per heavy atom. The highest BCUT2D eigenvalue weighted by Gasteiger charge is 2.49. The second-order valence-corrected chi connectivity index (χ2v) is 7.85. The molecule has 114 valence electrons. The van der Waals surface area contributed by atoms with Gasteiger partial charge in [0.15, 0.2) is 9.58 Å². The van der Waals surface area contributed by atoms with Crippen LogP contribution in [0.1, 0.15) is 55.4 Å². The third-order valence-electron chi connectivity index (χ3n) is 4.47. The molecule has 1 fully saturated rings. The van der Waals surface area contributed by atoms with Gasteiger partial charge in [-0.1, -0.05) is 32.3 Å². The second kappa shape index (κ2) is 5.64. The molecule has 0 radical (unpaired) electrons. The van der Waals surface area contributed by atoms with Crippen LogP contribution in [-0.2, 0) is 11.9 Å². The van der Waals surface area contributed by atoms with Crippen molar-refractivity contribution in [1.29, 1.82) is 0 Å². The highest BCUT2D eigenvalue weighted by atomic mass is 32.2. The minimum absolute atomic E-state index is 0.126. The number of thiophene rings is 1. The van der Waals surface area contributed by atoms with Gasteiger partial charge in [-0.15, -0.1) is 13.2 Å². The molecule has 1 aliphatic rings. The van der Waals surface area contributed by atoms with Crippen molar-refractivity contribution in [3.63, 3.8) is 0 Å². The van der Waals surface area contributed by atoms with Crippen molar-refractivity contribution in [3.8, 4) is 0 Å².